The van der Waals surface area contributed by atoms with E-state index in [1.165, 1.54) is 0 Å². The fourth-order valence-corrected chi connectivity index (χ4v) is 1.65. The SMILES string of the molecule is C/C=C\CCCC(=O)OCC(CO[N+](=O)[O-])OC(=O)CCCO[N+](=O)[O-]. The molecule has 26 heavy (non-hydrogen) atoms. The predicted molar refractivity (Wildman–Crippen MR) is 84.6 cm³/mol. The van der Waals surface area contributed by atoms with E-state index in [1.807, 2.05) is 19.1 Å². The first-order chi connectivity index (χ1) is 12.3. The van der Waals surface area contributed by atoms with Crippen molar-refractivity contribution in [2.45, 2.75) is 45.1 Å². The molecule has 0 radical (unpaired) electrons. The van der Waals surface area contributed by atoms with Gasteiger partial charge in [-0.15, -0.1) is 20.2 Å². The summed E-state index contributed by atoms with van der Waals surface area (Å²) in [7, 11) is 0. The lowest BCUT2D eigenvalue weighted by Crippen LogP contribution is -2.30. The van der Waals surface area contributed by atoms with E-state index in [0.717, 1.165) is 0 Å². The molecule has 12 nitrogen and oxygen atoms in total. The monoisotopic (exact) mass is 378 g/mol. The summed E-state index contributed by atoms with van der Waals surface area (Å²) < 4.78 is 9.84. The highest BCUT2D eigenvalue weighted by atomic mass is 17.0. The second-order valence-corrected chi connectivity index (χ2v) is 4.94. The summed E-state index contributed by atoms with van der Waals surface area (Å²) >= 11 is 0. The zero-order valence-electron chi connectivity index (χ0n) is 14.4. The first-order valence-electron chi connectivity index (χ1n) is 7.86. The predicted octanol–water partition coefficient (Wildman–Crippen LogP) is 1.38. The van der Waals surface area contributed by atoms with Gasteiger partial charge in [0.25, 0.3) is 10.2 Å². The molecule has 0 aromatic heterocycles. The molecule has 0 aromatic rings. The molecule has 0 bridgehead atoms. The smallest absolute Gasteiger partial charge is 0.306 e. The van der Waals surface area contributed by atoms with Crippen LogP contribution in [0.5, 0.6) is 0 Å². The van der Waals surface area contributed by atoms with Crippen LogP contribution >= 0.6 is 0 Å². The second-order valence-electron chi connectivity index (χ2n) is 4.94. The van der Waals surface area contributed by atoms with E-state index in [9.17, 15) is 29.8 Å². The fraction of sp³-hybridized carbons (Fsp3) is 0.714. The van der Waals surface area contributed by atoms with E-state index in [-0.39, 0.29) is 25.9 Å². The van der Waals surface area contributed by atoms with Crippen LogP contribution in [-0.4, -0.2) is 48.0 Å². The highest BCUT2D eigenvalue weighted by Crippen LogP contribution is 2.04. The molecule has 148 valence electrons. The second kappa shape index (κ2) is 14.4. The Morgan fingerprint density at radius 1 is 1.00 bits per heavy atom. The summed E-state index contributed by atoms with van der Waals surface area (Å²) in [6.07, 6.45) is 3.84. The molecule has 1 unspecified atom stereocenters. The molecule has 1 atom stereocenters. The summed E-state index contributed by atoms with van der Waals surface area (Å²) in [6, 6.07) is 0. The molecule has 0 aromatic carbocycles. The van der Waals surface area contributed by atoms with Crippen molar-refractivity contribution >= 4 is 11.9 Å². The van der Waals surface area contributed by atoms with Crippen LogP contribution in [0.2, 0.25) is 0 Å². The van der Waals surface area contributed by atoms with Crippen molar-refractivity contribution in [3.8, 4) is 0 Å². The van der Waals surface area contributed by atoms with Gasteiger partial charge in [0.2, 0.25) is 0 Å². The molecule has 0 rings (SSSR count). The van der Waals surface area contributed by atoms with E-state index in [2.05, 4.69) is 9.68 Å². The third-order valence-corrected chi connectivity index (χ3v) is 2.80. The Morgan fingerprint density at radius 3 is 2.27 bits per heavy atom. The highest BCUT2D eigenvalue weighted by molar-refractivity contribution is 5.70. The Labute approximate surface area is 149 Å². The molecule has 0 spiro atoms. The Morgan fingerprint density at radius 2 is 1.65 bits per heavy atom. The molecule has 0 saturated heterocycles. The topological polar surface area (TPSA) is 157 Å². The number of unbranched alkanes of at least 4 members (excludes halogenated alkanes) is 1. The summed E-state index contributed by atoms with van der Waals surface area (Å²) in [4.78, 5) is 51.6. The molecular formula is C14H22N2O10. The molecule has 0 aliphatic carbocycles. The van der Waals surface area contributed by atoms with Gasteiger partial charge in [-0.2, -0.15) is 0 Å². The number of carbonyl (C=O) groups is 2. The number of allylic oxidation sites excluding steroid dienone is 2. The number of hydrogen-bond donors (Lipinski definition) is 0. The largest absolute Gasteiger partial charge is 0.462 e. The van der Waals surface area contributed by atoms with Gasteiger partial charge >= 0.3 is 11.9 Å². The van der Waals surface area contributed by atoms with Crippen molar-refractivity contribution in [1.82, 2.24) is 0 Å². The average Bonchev–Trinajstić information content (AvgIpc) is 2.57. The van der Waals surface area contributed by atoms with Crippen molar-refractivity contribution in [1.29, 1.82) is 0 Å². The van der Waals surface area contributed by atoms with Gasteiger partial charge in [-0.3, -0.25) is 9.59 Å². The Kier molecular flexibility index (Phi) is 12.8. The molecule has 0 amide bonds. The average molecular weight is 378 g/mol. The van der Waals surface area contributed by atoms with Crippen LogP contribution in [0.15, 0.2) is 12.2 Å². The van der Waals surface area contributed by atoms with Crippen LogP contribution in [0.3, 0.4) is 0 Å². The van der Waals surface area contributed by atoms with E-state index < -0.39 is 41.4 Å². The minimum absolute atomic E-state index is 0.0212. The van der Waals surface area contributed by atoms with Crippen LogP contribution in [0.1, 0.15) is 39.0 Å². The van der Waals surface area contributed by atoms with E-state index >= 15 is 0 Å². The molecule has 0 aliphatic rings. The molecule has 0 N–H and O–H groups in total. The standard InChI is InChI=1S/C14H22N2O10/c1-2-3-4-5-7-13(17)23-10-12(11-25-16(21)22)26-14(18)8-6-9-24-15(19)20/h2-3,12H,4-11H2,1H3/b3-2-. The van der Waals surface area contributed by atoms with Gasteiger partial charge in [-0.05, 0) is 26.2 Å². The Hall–Kier alpha value is -2.92. The zero-order valence-corrected chi connectivity index (χ0v) is 14.4. The van der Waals surface area contributed by atoms with E-state index in [4.69, 9.17) is 9.47 Å². The van der Waals surface area contributed by atoms with E-state index in [1.54, 1.807) is 0 Å². The summed E-state index contributed by atoms with van der Waals surface area (Å²) in [6.45, 7) is 0.568. The summed E-state index contributed by atoms with van der Waals surface area (Å²) in [5.41, 5.74) is 0. The first kappa shape index (κ1) is 23.1. The van der Waals surface area contributed by atoms with E-state index in [0.29, 0.717) is 12.8 Å². The molecule has 12 heteroatoms. The number of ether oxygens (including phenoxy) is 2. The zero-order chi connectivity index (χ0) is 19.8. The van der Waals surface area contributed by atoms with Gasteiger partial charge in [0.15, 0.2) is 6.10 Å². The number of esters is 2. The lowest BCUT2D eigenvalue weighted by atomic mass is 10.2. The van der Waals surface area contributed by atoms with Crippen LogP contribution in [0, 0.1) is 20.2 Å². The number of carbonyl (C=O) groups excluding carboxylic acids is 2. The molecular weight excluding hydrogens is 356 g/mol. The quantitative estimate of drug-likeness (QED) is 0.134. The molecule has 0 fully saturated rings. The van der Waals surface area contributed by atoms with Gasteiger partial charge in [0, 0.05) is 12.8 Å². The minimum Gasteiger partial charge on any atom is -0.462 e. The number of hydrogen-bond acceptors (Lipinski definition) is 10. The Balaban J connectivity index is 4.24. The maximum absolute atomic E-state index is 11.6. The lowest BCUT2D eigenvalue weighted by Gasteiger charge is -2.17. The molecule has 0 saturated carbocycles. The maximum atomic E-state index is 11.6. The molecule has 0 heterocycles. The third kappa shape index (κ3) is 14.7. The normalized spacial score (nSPS) is 11.6. The maximum Gasteiger partial charge on any atom is 0.306 e. The third-order valence-electron chi connectivity index (χ3n) is 2.80. The van der Waals surface area contributed by atoms with Crippen molar-refractivity contribution in [3.63, 3.8) is 0 Å². The summed E-state index contributed by atoms with van der Waals surface area (Å²) in [5, 5.41) is 18.2. The van der Waals surface area contributed by atoms with Crippen LogP contribution in [0.25, 0.3) is 0 Å². The van der Waals surface area contributed by atoms with Gasteiger partial charge in [-0.25, -0.2) is 0 Å². The van der Waals surface area contributed by atoms with Crippen LogP contribution < -0.4 is 0 Å². The molecule has 0 aliphatic heterocycles. The van der Waals surface area contributed by atoms with Gasteiger partial charge in [0.1, 0.15) is 13.2 Å². The van der Waals surface area contributed by atoms with Crippen molar-refractivity contribution in [2.24, 2.45) is 0 Å². The van der Waals surface area contributed by atoms with Crippen molar-refractivity contribution in [3.05, 3.63) is 32.4 Å². The number of rotatable bonds is 15. The van der Waals surface area contributed by atoms with Crippen LogP contribution in [-0.2, 0) is 28.7 Å². The van der Waals surface area contributed by atoms with Gasteiger partial charge in [-0.1, -0.05) is 12.2 Å². The number of nitrogens with zero attached hydrogens (tertiary/aromatic N) is 2. The Bertz CT molecular complexity index is 494. The van der Waals surface area contributed by atoms with Gasteiger partial charge in [0.05, 0.1) is 6.61 Å². The minimum atomic E-state index is -1.16. The van der Waals surface area contributed by atoms with Crippen molar-refractivity contribution < 1.29 is 38.9 Å². The van der Waals surface area contributed by atoms with Crippen LogP contribution in [0.4, 0.5) is 0 Å². The summed E-state index contributed by atoms with van der Waals surface area (Å²) in [5.74, 6) is -1.31. The van der Waals surface area contributed by atoms with Crippen molar-refractivity contribution in [2.75, 3.05) is 19.8 Å². The highest BCUT2D eigenvalue weighted by Gasteiger charge is 2.19. The fourth-order valence-electron chi connectivity index (χ4n) is 1.65. The lowest BCUT2D eigenvalue weighted by molar-refractivity contribution is -0.759. The first-order valence-corrected chi connectivity index (χ1v) is 7.86. The van der Waals surface area contributed by atoms with Gasteiger partial charge < -0.3 is 19.1 Å².